The molecule has 0 amide bonds. The number of rotatable bonds is 6. The van der Waals surface area contributed by atoms with Crippen molar-refractivity contribution in [2.24, 2.45) is 0 Å². The summed E-state index contributed by atoms with van der Waals surface area (Å²) < 4.78 is 35.5. The minimum atomic E-state index is -3.35. The number of hydrogen-bond acceptors (Lipinski definition) is 4. The van der Waals surface area contributed by atoms with Crippen molar-refractivity contribution in [2.75, 3.05) is 13.3 Å². The molecule has 0 radical (unpaired) electrons. The van der Waals surface area contributed by atoms with E-state index in [0.717, 1.165) is 6.07 Å². The second-order valence-corrected chi connectivity index (χ2v) is 6.95. The van der Waals surface area contributed by atoms with Crippen LogP contribution >= 0.6 is 7.52 Å². The Labute approximate surface area is 118 Å². The van der Waals surface area contributed by atoms with Crippen molar-refractivity contribution < 1.29 is 23.0 Å². The van der Waals surface area contributed by atoms with Gasteiger partial charge in [0.2, 0.25) is 0 Å². The van der Waals surface area contributed by atoms with E-state index in [2.05, 4.69) is 5.09 Å². The molecule has 0 saturated heterocycles. The lowest BCUT2D eigenvalue weighted by Crippen LogP contribution is -2.46. The Bertz CT molecular complexity index is 533. The van der Waals surface area contributed by atoms with Gasteiger partial charge in [-0.2, -0.15) is 0 Å². The van der Waals surface area contributed by atoms with Gasteiger partial charge in [-0.3, -0.25) is 9.36 Å². The van der Waals surface area contributed by atoms with Crippen LogP contribution in [0.3, 0.4) is 0 Å². The molecule has 1 N–H and O–H groups in total. The van der Waals surface area contributed by atoms with Crippen LogP contribution in [-0.4, -0.2) is 24.8 Å². The third-order valence-corrected chi connectivity index (χ3v) is 3.87. The molecule has 1 atom stereocenters. The topological polar surface area (TPSA) is 64.6 Å². The van der Waals surface area contributed by atoms with Crippen LogP contribution in [0.5, 0.6) is 5.75 Å². The van der Waals surface area contributed by atoms with E-state index in [4.69, 9.17) is 9.26 Å². The summed E-state index contributed by atoms with van der Waals surface area (Å²) in [5, 5.41) is 2.62. The molecule has 0 spiro atoms. The predicted molar refractivity (Wildman–Crippen MR) is 74.4 cm³/mol. The van der Waals surface area contributed by atoms with Gasteiger partial charge < -0.3 is 9.26 Å². The number of benzene rings is 1. The van der Waals surface area contributed by atoms with Crippen LogP contribution in [0.15, 0.2) is 24.3 Å². The standard InChI is InChI=1S/C13H19FNO4P/c1-5-18-12(16)13(2,3)15-20(4,17)19-11-8-6-7-10(14)9-11/h6-9H,5H2,1-4H3,(H,15,17)/t20-/m1/s1. The minimum Gasteiger partial charge on any atom is -0.465 e. The second kappa shape index (κ2) is 6.37. The van der Waals surface area contributed by atoms with Crippen LogP contribution in [0.25, 0.3) is 0 Å². The predicted octanol–water partition coefficient (Wildman–Crippen LogP) is 2.96. The molecule has 5 nitrogen and oxygen atoms in total. The second-order valence-electron chi connectivity index (χ2n) is 4.85. The first-order valence-electron chi connectivity index (χ1n) is 6.15. The van der Waals surface area contributed by atoms with E-state index in [1.54, 1.807) is 6.92 Å². The van der Waals surface area contributed by atoms with Gasteiger partial charge in [0.15, 0.2) is 0 Å². The molecule has 0 fully saturated rings. The Morgan fingerprint density at radius 1 is 1.45 bits per heavy atom. The fourth-order valence-electron chi connectivity index (χ4n) is 1.61. The summed E-state index contributed by atoms with van der Waals surface area (Å²) in [6, 6.07) is 5.30. The number of halogens is 1. The first-order valence-corrected chi connectivity index (χ1v) is 8.23. The van der Waals surface area contributed by atoms with Crippen molar-refractivity contribution in [1.82, 2.24) is 5.09 Å². The maximum Gasteiger partial charge on any atom is 0.326 e. The lowest BCUT2D eigenvalue weighted by molar-refractivity contribution is -0.149. The van der Waals surface area contributed by atoms with Crippen molar-refractivity contribution >= 4 is 13.5 Å². The maximum absolute atomic E-state index is 13.0. The van der Waals surface area contributed by atoms with Gasteiger partial charge in [-0.15, -0.1) is 0 Å². The average Bonchev–Trinajstić information content (AvgIpc) is 2.26. The third kappa shape index (κ3) is 4.94. The molecule has 1 aromatic rings. The summed E-state index contributed by atoms with van der Waals surface area (Å²) >= 11 is 0. The van der Waals surface area contributed by atoms with Crippen LogP contribution in [0.1, 0.15) is 20.8 Å². The van der Waals surface area contributed by atoms with Crippen molar-refractivity contribution in [3.8, 4) is 5.75 Å². The van der Waals surface area contributed by atoms with E-state index in [0.29, 0.717) is 0 Å². The highest BCUT2D eigenvalue weighted by Crippen LogP contribution is 2.41. The Morgan fingerprint density at radius 2 is 2.10 bits per heavy atom. The van der Waals surface area contributed by atoms with Gasteiger partial charge in [-0.25, -0.2) is 9.48 Å². The largest absolute Gasteiger partial charge is 0.465 e. The van der Waals surface area contributed by atoms with Crippen molar-refractivity contribution in [1.29, 1.82) is 0 Å². The number of carbonyl (C=O) groups excluding carboxylic acids is 1. The van der Waals surface area contributed by atoms with Gasteiger partial charge in [-0.05, 0) is 32.9 Å². The van der Waals surface area contributed by atoms with E-state index in [9.17, 15) is 13.8 Å². The molecule has 0 heterocycles. The van der Waals surface area contributed by atoms with Gasteiger partial charge in [0.05, 0.1) is 6.61 Å². The number of carbonyl (C=O) groups is 1. The smallest absolute Gasteiger partial charge is 0.326 e. The fraction of sp³-hybridized carbons (Fsp3) is 0.462. The van der Waals surface area contributed by atoms with Crippen molar-refractivity contribution in [3.05, 3.63) is 30.1 Å². The first-order chi connectivity index (χ1) is 9.16. The monoisotopic (exact) mass is 303 g/mol. The van der Waals surface area contributed by atoms with E-state index in [1.165, 1.54) is 38.7 Å². The molecule has 0 saturated carbocycles. The van der Waals surface area contributed by atoms with E-state index < -0.39 is 24.8 Å². The summed E-state index contributed by atoms with van der Waals surface area (Å²) in [7, 11) is -3.35. The molecule has 1 aromatic carbocycles. The molecular weight excluding hydrogens is 284 g/mol. The van der Waals surface area contributed by atoms with Crippen molar-refractivity contribution in [2.45, 2.75) is 26.3 Å². The molecule has 112 valence electrons. The lowest BCUT2D eigenvalue weighted by atomic mass is 10.1. The Kier molecular flexibility index (Phi) is 5.31. The number of ether oxygens (including phenoxy) is 1. The van der Waals surface area contributed by atoms with Gasteiger partial charge in [-0.1, -0.05) is 6.07 Å². The molecular formula is C13H19FNO4P. The molecule has 0 aliphatic rings. The van der Waals surface area contributed by atoms with E-state index >= 15 is 0 Å². The Morgan fingerprint density at radius 3 is 2.65 bits per heavy atom. The molecule has 0 unspecified atom stereocenters. The molecule has 1 rings (SSSR count). The SMILES string of the molecule is CCOC(=O)C(C)(C)N[P@](C)(=O)Oc1cccc(F)c1. The number of nitrogens with one attached hydrogen (secondary N) is 1. The summed E-state index contributed by atoms with van der Waals surface area (Å²) in [6.07, 6.45) is 0. The number of esters is 1. The minimum absolute atomic E-state index is 0.128. The Hall–Kier alpha value is -1.39. The zero-order valence-corrected chi connectivity index (χ0v) is 12.9. The van der Waals surface area contributed by atoms with Gasteiger partial charge in [0.25, 0.3) is 0 Å². The lowest BCUT2D eigenvalue weighted by Gasteiger charge is -2.27. The highest BCUT2D eigenvalue weighted by molar-refractivity contribution is 7.56. The summed E-state index contributed by atoms with van der Waals surface area (Å²) in [5.74, 6) is -0.903. The molecule has 0 bridgehead atoms. The van der Waals surface area contributed by atoms with Crippen molar-refractivity contribution in [3.63, 3.8) is 0 Å². The normalized spacial score (nSPS) is 14.4. The molecule has 0 aliphatic carbocycles. The molecule has 20 heavy (non-hydrogen) atoms. The average molecular weight is 303 g/mol. The van der Waals surface area contributed by atoms with Crippen LogP contribution in [0.2, 0.25) is 0 Å². The van der Waals surface area contributed by atoms with E-state index in [-0.39, 0.29) is 12.4 Å². The third-order valence-electron chi connectivity index (χ3n) is 2.34. The highest BCUT2D eigenvalue weighted by Gasteiger charge is 2.35. The zero-order chi connectivity index (χ0) is 15.4. The maximum atomic E-state index is 13.0. The van der Waals surface area contributed by atoms with Crippen LogP contribution in [-0.2, 0) is 14.1 Å². The van der Waals surface area contributed by atoms with Gasteiger partial charge in [0, 0.05) is 12.7 Å². The summed E-state index contributed by atoms with van der Waals surface area (Å²) in [6.45, 7) is 6.30. The summed E-state index contributed by atoms with van der Waals surface area (Å²) in [5.41, 5.74) is -1.17. The number of hydrogen-bond donors (Lipinski definition) is 1. The first kappa shape index (κ1) is 16.7. The van der Waals surface area contributed by atoms with Crippen LogP contribution in [0, 0.1) is 5.82 Å². The zero-order valence-electron chi connectivity index (χ0n) is 12.0. The van der Waals surface area contributed by atoms with Crippen LogP contribution < -0.4 is 9.61 Å². The van der Waals surface area contributed by atoms with Gasteiger partial charge in [0.1, 0.15) is 17.1 Å². The molecule has 7 heteroatoms. The highest BCUT2D eigenvalue weighted by atomic mass is 31.2. The Balaban J connectivity index is 2.79. The van der Waals surface area contributed by atoms with Crippen LogP contribution in [0.4, 0.5) is 4.39 Å². The van der Waals surface area contributed by atoms with E-state index in [1.807, 2.05) is 0 Å². The molecule has 0 aliphatic heterocycles. The quantitative estimate of drug-likeness (QED) is 0.646. The fourth-order valence-corrected chi connectivity index (χ4v) is 3.28. The van der Waals surface area contributed by atoms with Gasteiger partial charge >= 0.3 is 13.5 Å². The molecule has 0 aromatic heterocycles. The summed E-state index contributed by atoms with van der Waals surface area (Å²) in [4.78, 5) is 11.7.